The Morgan fingerprint density at radius 3 is 1.59 bits per heavy atom. The standard InChI is InChI=1S/C72H51N/c1-4-21-48(22-5-1)49-39-41-51(42-40-49)69-55-28-11-10-23-50(55)43-46-68(69)73(54-44-45-59-58-31-12-16-33-61(58)71(66(59)47-54,52-24-6-2-7-25-52)53-26-8-3-9-27-53)67-38-20-37-65-70(67)60-32-15-19-36-64(60)72(65)62-34-17-13-29-56(62)57-30-14-18-35-63(57)72/h1-9,11-15,17-22,24-32,34-47H,10,16,23,33H2. The maximum atomic E-state index is 2.65. The zero-order valence-electron chi connectivity index (χ0n) is 40.6. The summed E-state index contributed by atoms with van der Waals surface area (Å²) in [6, 6.07) is 89.8. The summed E-state index contributed by atoms with van der Waals surface area (Å²) in [5.74, 6) is 0. The first-order valence-corrected chi connectivity index (χ1v) is 26.1. The van der Waals surface area contributed by atoms with Gasteiger partial charge in [0.2, 0.25) is 0 Å². The van der Waals surface area contributed by atoms with E-state index in [2.05, 4.69) is 266 Å². The first-order chi connectivity index (χ1) is 36.2. The number of benzene rings is 10. The van der Waals surface area contributed by atoms with E-state index in [9.17, 15) is 0 Å². The van der Waals surface area contributed by atoms with Gasteiger partial charge in [-0.25, -0.2) is 0 Å². The lowest BCUT2D eigenvalue weighted by molar-refractivity contribution is 0.696. The van der Waals surface area contributed by atoms with Crippen LogP contribution in [0.25, 0.3) is 56.2 Å². The molecular weight excluding hydrogens is 879 g/mol. The lowest BCUT2D eigenvalue weighted by Crippen LogP contribution is -2.30. The molecule has 0 aliphatic heterocycles. The summed E-state index contributed by atoms with van der Waals surface area (Å²) >= 11 is 0. The Bertz CT molecular complexity index is 3860. The van der Waals surface area contributed by atoms with Crippen molar-refractivity contribution in [1.82, 2.24) is 0 Å². The molecule has 344 valence electrons. The Balaban J connectivity index is 1.05. The molecule has 0 saturated heterocycles. The van der Waals surface area contributed by atoms with E-state index in [1.165, 1.54) is 117 Å². The van der Waals surface area contributed by atoms with E-state index in [4.69, 9.17) is 0 Å². The van der Waals surface area contributed by atoms with E-state index >= 15 is 0 Å². The van der Waals surface area contributed by atoms with E-state index in [1.54, 1.807) is 0 Å². The van der Waals surface area contributed by atoms with Gasteiger partial charge < -0.3 is 4.90 Å². The van der Waals surface area contributed by atoms with Crippen molar-refractivity contribution in [1.29, 1.82) is 0 Å². The number of hydrogen-bond donors (Lipinski definition) is 0. The second-order valence-corrected chi connectivity index (χ2v) is 20.4. The maximum absolute atomic E-state index is 2.65. The molecule has 0 N–H and O–H groups in total. The third-order valence-corrected chi connectivity index (χ3v) is 16.9. The third kappa shape index (κ3) is 5.91. The summed E-state index contributed by atoms with van der Waals surface area (Å²) in [6.07, 6.45) is 13.6. The summed E-state index contributed by atoms with van der Waals surface area (Å²) in [7, 11) is 0. The van der Waals surface area contributed by atoms with Crippen LogP contribution in [0.1, 0.15) is 74.9 Å². The van der Waals surface area contributed by atoms with E-state index < -0.39 is 10.8 Å². The molecule has 0 aromatic heterocycles. The molecular formula is C72H51N. The van der Waals surface area contributed by atoms with Crippen LogP contribution >= 0.6 is 0 Å². The molecule has 0 bridgehead atoms. The minimum absolute atomic E-state index is 0.485. The molecule has 10 aromatic rings. The first-order valence-electron chi connectivity index (χ1n) is 26.1. The molecule has 1 spiro atoms. The third-order valence-electron chi connectivity index (χ3n) is 16.9. The van der Waals surface area contributed by atoms with Crippen LogP contribution in [0.15, 0.2) is 260 Å². The van der Waals surface area contributed by atoms with Crippen LogP contribution in [0.5, 0.6) is 0 Å². The molecule has 15 rings (SSSR count). The second-order valence-electron chi connectivity index (χ2n) is 20.4. The largest absolute Gasteiger partial charge is 0.309 e. The van der Waals surface area contributed by atoms with Gasteiger partial charge in [0.1, 0.15) is 0 Å². The molecule has 0 saturated carbocycles. The lowest BCUT2D eigenvalue weighted by Gasteiger charge is -2.37. The number of anilines is 3. The van der Waals surface area contributed by atoms with Crippen LogP contribution in [0.2, 0.25) is 0 Å². The van der Waals surface area contributed by atoms with Crippen molar-refractivity contribution in [2.45, 2.75) is 36.5 Å². The van der Waals surface area contributed by atoms with Crippen molar-refractivity contribution < 1.29 is 0 Å². The number of fused-ring (bicyclic) bond motifs is 13. The number of hydrogen-bond acceptors (Lipinski definition) is 1. The average Bonchev–Trinajstić information content (AvgIpc) is 4.07. The molecule has 0 unspecified atom stereocenters. The zero-order valence-corrected chi connectivity index (χ0v) is 40.6. The normalized spacial score (nSPS) is 15.5. The van der Waals surface area contributed by atoms with Gasteiger partial charge >= 0.3 is 0 Å². The zero-order chi connectivity index (χ0) is 48.1. The second kappa shape index (κ2) is 16.4. The van der Waals surface area contributed by atoms with E-state index in [1.807, 2.05) is 0 Å². The van der Waals surface area contributed by atoms with Gasteiger partial charge in [-0.15, -0.1) is 0 Å². The van der Waals surface area contributed by atoms with E-state index in [-0.39, 0.29) is 0 Å². The van der Waals surface area contributed by atoms with Crippen LogP contribution in [0.3, 0.4) is 0 Å². The Morgan fingerprint density at radius 1 is 0.342 bits per heavy atom. The topological polar surface area (TPSA) is 3.24 Å². The number of aryl methyl sites for hydroxylation is 1. The van der Waals surface area contributed by atoms with Gasteiger partial charge in [-0.3, -0.25) is 0 Å². The van der Waals surface area contributed by atoms with Gasteiger partial charge in [0.15, 0.2) is 0 Å². The van der Waals surface area contributed by atoms with E-state index in [0.29, 0.717) is 0 Å². The van der Waals surface area contributed by atoms with Crippen LogP contribution < -0.4 is 4.90 Å². The van der Waals surface area contributed by atoms with Gasteiger partial charge in [-0.05, 0) is 150 Å². The highest BCUT2D eigenvalue weighted by atomic mass is 15.1. The molecule has 5 aliphatic carbocycles. The molecule has 0 fully saturated rings. The van der Waals surface area contributed by atoms with E-state index in [0.717, 1.165) is 37.1 Å². The first kappa shape index (κ1) is 42.0. The van der Waals surface area contributed by atoms with Crippen molar-refractivity contribution >= 4 is 28.7 Å². The molecule has 0 heterocycles. The lowest BCUT2D eigenvalue weighted by atomic mass is 9.65. The predicted molar refractivity (Wildman–Crippen MR) is 304 cm³/mol. The Kier molecular flexibility index (Phi) is 9.42. The summed E-state index contributed by atoms with van der Waals surface area (Å²) < 4.78 is 0. The van der Waals surface area contributed by atoms with Gasteiger partial charge in [0.25, 0.3) is 0 Å². The molecule has 0 radical (unpaired) electrons. The number of rotatable bonds is 7. The van der Waals surface area contributed by atoms with Crippen LogP contribution in [0.4, 0.5) is 17.1 Å². The Morgan fingerprint density at radius 2 is 0.890 bits per heavy atom. The van der Waals surface area contributed by atoms with Gasteiger partial charge in [0.05, 0.1) is 22.2 Å². The molecule has 0 amide bonds. The quantitative estimate of drug-likeness (QED) is 0.154. The minimum Gasteiger partial charge on any atom is -0.309 e. The number of allylic oxidation sites excluding steroid dienone is 5. The molecule has 1 nitrogen and oxygen atoms in total. The fourth-order valence-electron chi connectivity index (χ4n) is 14.1. The van der Waals surface area contributed by atoms with Gasteiger partial charge in [-0.1, -0.05) is 237 Å². The van der Waals surface area contributed by atoms with Crippen LogP contribution in [0, 0.1) is 0 Å². The average molecular weight is 930 g/mol. The smallest absolute Gasteiger partial charge is 0.0726 e. The predicted octanol–water partition coefficient (Wildman–Crippen LogP) is 18.2. The Labute approximate surface area is 428 Å². The van der Waals surface area contributed by atoms with Crippen molar-refractivity contribution in [3.05, 3.63) is 316 Å². The van der Waals surface area contributed by atoms with Crippen molar-refractivity contribution in [2.24, 2.45) is 0 Å². The van der Waals surface area contributed by atoms with Crippen LogP contribution in [-0.4, -0.2) is 0 Å². The Hall–Kier alpha value is -8.78. The van der Waals surface area contributed by atoms with Crippen molar-refractivity contribution in [3.8, 4) is 44.5 Å². The number of nitrogens with zero attached hydrogens (tertiary/aromatic N) is 1. The summed E-state index contributed by atoms with van der Waals surface area (Å²) in [4.78, 5) is 2.65. The highest BCUT2D eigenvalue weighted by Crippen LogP contribution is 2.66. The highest BCUT2D eigenvalue weighted by molar-refractivity contribution is 6.04. The SMILES string of the molecule is C1=CC2=C(CC1)C(c1ccccc1)(c1ccccc1)c1cc(N(c3cccc4c3-c3ccccc3C43c4ccccc4-c4ccccc43)c3ccc4c(c3-c3ccc(-c5ccccc5)cc3)C=CCC4)ccc12. The molecule has 1 heteroatoms. The molecule has 73 heavy (non-hydrogen) atoms. The summed E-state index contributed by atoms with van der Waals surface area (Å²) in [5.41, 5.74) is 28.7. The van der Waals surface area contributed by atoms with Gasteiger partial charge in [0, 0.05) is 16.8 Å². The van der Waals surface area contributed by atoms with Crippen LogP contribution in [-0.2, 0) is 17.3 Å². The van der Waals surface area contributed by atoms with Crippen molar-refractivity contribution in [2.75, 3.05) is 4.90 Å². The monoisotopic (exact) mass is 929 g/mol. The highest BCUT2D eigenvalue weighted by Gasteiger charge is 2.53. The van der Waals surface area contributed by atoms with Gasteiger partial charge in [-0.2, -0.15) is 0 Å². The van der Waals surface area contributed by atoms with Crippen molar-refractivity contribution in [3.63, 3.8) is 0 Å². The molecule has 0 atom stereocenters. The maximum Gasteiger partial charge on any atom is 0.0726 e. The fraction of sp³-hybridized carbons (Fsp3) is 0.0833. The molecule has 10 aromatic carbocycles. The summed E-state index contributed by atoms with van der Waals surface area (Å²) in [5, 5.41) is 0. The fourth-order valence-corrected chi connectivity index (χ4v) is 14.1. The minimum atomic E-state index is -0.488. The summed E-state index contributed by atoms with van der Waals surface area (Å²) in [6.45, 7) is 0. The molecule has 5 aliphatic rings.